The summed E-state index contributed by atoms with van der Waals surface area (Å²) >= 11 is -1.83. The van der Waals surface area contributed by atoms with E-state index >= 15 is 0 Å². The van der Waals surface area contributed by atoms with Gasteiger partial charge in [0.15, 0.2) is 11.1 Å². The average molecular weight is 256 g/mol. The van der Waals surface area contributed by atoms with Crippen LogP contribution in [0.4, 0.5) is 0 Å². The number of benzene rings is 1. The molecule has 3 atom stereocenters. The van der Waals surface area contributed by atoms with E-state index in [9.17, 15) is 9.32 Å². The minimum absolute atomic E-state index is 0.319. The normalized spacial score (nSPS) is 16.4. The van der Waals surface area contributed by atoms with Crippen LogP contribution in [-0.2, 0) is 17.5 Å². The Labute approximate surface area is 105 Å². The third kappa shape index (κ3) is 5.44. The van der Waals surface area contributed by atoms with E-state index < -0.39 is 17.2 Å². The molecule has 3 nitrogen and oxygen atoms in total. The molecule has 0 spiro atoms. The van der Waals surface area contributed by atoms with Gasteiger partial charge in [-0.05, 0) is 31.2 Å². The molecule has 1 rings (SSSR count). The van der Waals surface area contributed by atoms with E-state index in [0.717, 1.165) is 6.42 Å². The lowest BCUT2D eigenvalue weighted by atomic mass is 10.0. The highest BCUT2D eigenvalue weighted by atomic mass is 32.2. The lowest BCUT2D eigenvalue weighted by molar-refractivity contribution is 0.152. The highest BCUT2D eigenvalue weighted by molar-refractivity contribution is 7.79. The van der Waals surface area contributed by atoms with Crippen LogP contribution < -0.4 is 0 Å². The summed E-state index contributed by atoms with van der Waals surface area (Å²) < 4.78 is 19.9. The van der Waals surface area contributed by atoms with Crippen LogP contribution >= 0.6 is 0 Å². The summed E-state index contributed by atoms with van der Waals surface area (Å²) in [7, 11) is 0. The lowest BCUT2D eigenvalue weighted by Gasteiger charge is -2.15. The molecular weight excluding hydrogens is 236 g/mol. The first-order valence-electron chi connectivity index (χ1n) is 5.95. The largest absolute Gasteiger partial charge is 0.393 e. The molecule has 0 saturated heterocycles. The van der Waals surface area contributed by atoms with E-state index in [1.807, 2.05) is 37.3 Å². The Bertz CT molecular complexity index is 340. The molecule has 1 aromatic rings. The van der Waals surface area contributed by atoms with Gasteiger partial charge in [-0.1, -0.05) is 37.3 Å². The molecule has 0 fully saturated rings. The first-order valence-corrected chi connectivity index (χ1v) is 7.12. The maximum absolute atomic E-state index is 10.9. The summed E-state index contributed by atoms with van der Waals surface area (Å²) in [5.41, 5.74) is 1.18. The molecule has 0 heterocycles. The van der Waals surface area contributed by atoms with Gasteiger partial charge in [-0.3, -0.25) is 0 Å². The molecule has 1 aromatic carbocycles. The highest BCUT2D eigenvalue weighted by Crippen LogP contribution is 2.13. The van der Waals surface area contributed by atoms with E-state index in [-0.39, 0.29) is 5.25 Å². The minimum atomic E-state index is -1.83. The van der Waals surface area contributed by atoms with Crippen LogP contribution in [0.25, 0.3) is 0 Å². The molecule has 0 aliphatic rings. The van der Waals surface area contributed by atoms with Crippen molar-refractivity contribution in [3.8, 4) is 0 Å². The first kappa shape index (κ1) is 14.4. The van der Waals surface area contributed by atoms with Crippen LogP contribution in [0.2, 0.25) is 0 Å². The molecule has 17 heavy (non-hydrogen) atoms. The number of aliphatic hydroxyl groups is 1. The third-order valence-electron chi connectivity index (χ3n) is 2.88. The van der Waals surface area contributed by atoms with Crippen molar-refractivity contribution in [3.05, 3.63) is 35.9 Å². The van der Waals surface area contributed by atoms with Crippen molar-refractivity contribution in [3.63, 3.8) is 0 Å². The van der Waals surface area contributed by atoms with Crippen molar-refractivity contribution in [2.75, 3.05) is 0 Å². The Morgan fingerprint density at radius 1 is 1.29 bits per heavy atom. The van der Waals surface area contributed by atoms with E-state index in [1.165, 1.54) is 5.56 Å². The van der Waals surface area contributed by atoms with Crippen molar-refractivity contribution in [1.82, 2.24) is 0 Å². The quantitative estimate of drug-likeness (QED) is 0.736. The van der Waals surface area contributed by atoms with Gasteiger partial charge in [-0.2, -0.15) is 0 Å². The average Bonchev–Trinajstić information content (AvgIpc) is 2.34. The molecule has 0 bridgehead atoms. The fourth-order valence-electron chi connectivity index (χ4n) is 1.79. The van der Waals surface area contributed by atoms with Crippen molar-refractivity contribution >= 4 is 11.1 Å². The molecule has 4 heteroatoms. The Morgan fingerprint density at radius 2 is 1.94 bits per heavy atom. The fraction of sp³-hybridized carbons (Fsp3) is 0.538. The summed E-state index contributed by atoms with van der Waals surface area (Å²) in [6.07, 6.45) is 1.95. The van der Waals surface area contributed by atoms with Crippen LogP contribution in [0.3, 0.4) is 0 Å². The predicted molar refractivity (Wildman–Crippen MR) is 70.2 cm³/mol. The topological polar surface area (TPSA) is 57.5 Å². The maximum atomic E-state index is 10.9. The molecule has 0 aliphatic carbocycles. The molecule has 2 N–H and O–H groups in total. The minimum Gasteiger partial charge on any atom is -0.393 e. The molecule has 0 amide bonds. The zero-order valence-corrected chi connectivity index (χ0v) is 10.9. The second kappa shape index (κ2) is 7.58. The fourth-order valence-corrected chi connectivity index (χ4v) is 2.46. The SMILES string of the molecule is CCC(CC(O)CCc1ccccc1)S(=O)O. The van der Waals surface area contributed by atoms with Gasteiger partial charge in [-0.25, -0.2) is 4.21 Å². The van der Waals surface area contributed by atoms with Crippen LogP contribution in [0.1, 0.15) is 31.7 Å². The van der Waals surface area contributed by atoms with Gasteiger partial charge in [0.1, 0.15) is 0 Å². The van der Waals surface area contributed by atoms with Gasteiger partial charge in [-0.15, -0.1) is 0 Å². The summed E-state index contributed by atoms with van der Waals surface area (Å²) in [5.74, 6) is 0. The molecule has 3 unspecified atom stereocenters. The predicted octanol–water partition coefficient (Wildman–Crippen LogP) is 2.37. The van der Waals surface area contributed by atoms with Gasteiger partial charge in [0.05, 0.1) is 11.4 Å². The van der Waals surface area contributed by atoms with Crippen LogP contribution in [0.5, 0.6) is 0 Å². The standard InChI is InChI=1S/C13H20O3S/c1-2-13(17(15)16)10-12(14)9-8-11-6-4-3-5-7-11/h3-7,12-14H,2,8-10H2,1H3,(H,15,16). The van der Waals surface area contributed by atoms with E-state index in [1.54, 1.807) is 0 Å². The van der Waals surface area contributed by atoms with Crippen molar-refractivity contribution < 1.29 is 13.9 Å². The van der Waals surface area contributed by atoms with Gasteiger partial charge in [0.2, 0.25) is 0 Å². The monoisotopic (exact) mass is 256 g/mol. The molecule has 0 aromatic heterocycles. The van der Waals surface area contributed by atoms with E-state index in [2.05, 4.69) is 0 Å². The van der Waals surface area contributed by atoms with Gasteiger partial charge >= 0.3 is 0 Å². The van der Waals surface area contributed by atoms with Crippen molar-refractivity contribution in [2.24, 2.45) is 0 Å². The van der Waals surface area contributed by atoms with Gasteiger partial charge in [0, 0.05) is 0 Å². The summed E-state index contributed by atoms with van der Waals surface area (Å²) in [6, 6.07) is 9.95. The Hall–Kier alpha value is -0.710. The first-order chi connectivity index (χ1) is 8.13. The Kier molecular flexibility index (Phi) is 6.40. The number of aryl methyl sites for hydroxylation is 1. The smallest absolute Gasteiger partial charge is 0.156 e. The summed E-state index contributed by atoms with van der Waals surface area (Å²) in [4.78, 5) is 0. The van der Waals surface area contributed by atoms with Crippen molar-refractivity contribution in [1.29, 1.82) is 0 Å². The zero-order valence-electron chi connectivity index (χ0n) is 10.1. The summed E-state index contributed by atoms with van der Waals surface area (Å²) in [5, 5.41) is 9.50. The number of rotatable bonds is 7. The number of aliphatic hydroxyl groups excluding tert-OH is 1. The highest BCUT2D eigenvalue weighted by Gasteiger charge is 2.17. The van der Waals surface area contributed by atoms with Crippen LogP contribution in [0.15, 0.2) is 30.3 Å². The van der Waals surface area contributed by atoms with Crippen molar-refractivity contribution in [2.45, 2.75) is 44.0 Å². The Morgan fingerprint density at radius 3 is 2.47 bits per heavy atom. The second-order valence-electron chi connectivity index (χ2n) is 4.22. The number of hydrogen-bond donors (Lipinski definition) is 2. The molecule has 0 saturated carbocycles. The second-order valence-corrected chi connectivity index (χ2v) is 5.44. The zero-order chi connectivity index (χ0) is 12.7. The van der Waals surface area contributed by atoms with E-state index in [0.29, 0.717) is 19.3 Å². The maximum Gasteiger partial charge on any atom is 0.156 e. The molecule has 96 valence electrons. The molecule has 0 radical (unpaired) electrons. The van der Waals surface area contributed by atoms with Gasteiger partial charge in [0.25, 0.3) is 0 Å². The Balaban J connectivity index is 2.34. The molecular formula is C13H20O3S. The number of hydrogen-bond acceptors (Lipinski definition) is 2. The van der Waals surface area contributed by atoms with E-state index in [4.69, 9.17) is 4.55 Å². The van der Waals surface area contributed by atoms with Crippen LogP contribution in [0, 0.1) is 0 Å². The third-order valence-corrected chi connectivity index (χ3v) is 3.98. The molecule has 0 aliphatic heterocycles. The lowest BCUT2D eigenvalue weighted by Crippen LogP contribution is -2.21. The van der Waals surface area contributed by atoms with Gasteiger partial charge < -0.3 is 9.66 Å². The summed E-state index contributed by atoms with van der Waals surface area (Å²) in [6.45, 7) is 1.86. The van der Waals surface area contributed by atoms with Crippen LogP contribution in [-0.4, -0.2) is 25.2 Å².